The van der Waals surface area contributed by atoms with Gasteiger partial charge in [-0.2, -0.15) is 5.10 Å². The Labute approximate surface area is 155 Å². The highest BCUT2D eigenvalue weighted by molar-refractivity contribution is 5.95. The Kier molecular flexibility index (Phi) is 6.12. The number of nitrogens with one attached hydrogen (secondary N) is 3. The SMILES string of the molecule is O=C(NCCNC(=O)c1c(F)cccc1F)c1ccn(C2CCCNC2)n1. The number of carbonyl (C=O) groups excluding carboxylic acids is 2. The quantitative estimate of drug-likeness (QED) is 0.661. The highest BCUT2D eigenvalue weighted by Crippen LogP contribution is 2.15. The lowest BCUT2D eigenvalue weighted by Gasteiger charge is -2.22. The van der Waals surface area contributed by atoms with Gasteiger partial charge in [0.15, 0.2) is 0 Å². The fourth-order valence-corrected chi connectivity index (χ4v) is 2.97. The van der Waals surface area contributed by atoms with Gasteiger partial charge in [0.1, 0.15) is 22.9 Å². The Balaban J connectivity index is 1.46. The van der Waals surface area contributed by atoms with Crippen molar-refractivity contribution in [3.05, 3.63) is 53.4 Å². The average molecular weight is 377 g/mol. The molecule has 27 heavy (non-hydrogen) atoms. The third kappa shape index (κ3) is 4.68. The summed E-state index contributed by atoms with van der Waals surface area (Å²) in [5.41, 5.74) is -0.351. The Bertz CT molecular complexity index is 798. The molecule has 9 heteroatoms. The first-order chi connectivity index (χ1) is 13.1. The van der Waals surface area contributed by atoms with E-state index in [2.05, 4.69) is 21.0 Å². The van der Waals surface area contributed by atoms with Gasteiger partial charge in [-0.1, -0.05) is 6.07 Å². The molecule has 1 aliphatic heterocycles. The second-order valence-corrected chi connectivity index (χ2v) is 6.29. The van der Waals surface area contributed by atoms with Crippen LogP contribution in [0.25, 0.3) is 0 Å². The van der Waals surface area contributed by atoms with Crippen LogP contribution < -0.4 is 16.0 Å². The number of hydrogen-bond acceptors (Lipinski definition) is 4. The second kappa shape index (κ2) is 8.72. The molecule has 0 aliphatic carbocycles. The van der Waals surface area contributed by atoms with Gasteiger partial charge in [-0.3, -0.25) is 14.3 Å². The van der Waals surface area contributed by atoms with Gasteiger partial charge in [0.05, 0.1) is 6.04 Å². The van der Waals surface area contributed by atoms with E-state index < -0.39 is 23.1 Å². The van der Waals surface area contributed by atoms with Gasteiger partial charge in [0, 0.05) is 25.8 Å². The number of aromatic nitrogens is 2. The third-order valence-electron chi connectivity index (χ3n) is 4.37. The van der Waals surface area contributed by atoms with Crippen molar-refractivity contribution in [1.29, 1.82) is 0 Å². The maximum Gasteiger partial charge on any atom is 0.271 e. The highest BCUT2D eigenvalue weighted by Gasteiger charge is 2.18. The summed E-state index contributed by atoms with van der Waals surface area (Å²) in [7, 11) is 0. The van der Waals surface area contributed by atoms with E-state index in [4.69, 9.17) is 0 Å². The zero-order chi connectivity index (χ0) is 19.2. The van der Waals surface area contributed by atoms with Crippen LogP contribution in [0, 0.1) is 11.6 Å². The van der Waals surface area contributed by atoms with Crippen molar-refractivity contribution in [2.24, 2.45) is 0 Å². The molecule has 7 nitrogen and oxygen atoms in total. The second-order valence-electron chi connectivity index (χ2n) is 6.29. The van der Waals surface area contributed by atoms with Crippen LogP contribution in [-0.4, -0.2) is 47.8 Å². The van der Waals surface area contributed by atoms with Crippen molar-refractivity contribution in [3.63, 3.8) is 0 Å². The largest absolute Gasteiger partial charge is 0.350 e. The molecule has 3 rings (SSSR count). The first-order valence-electron chi connectivity index (χ1n) is 8.82. The lowest BCUT2D eigenvalue weighted by atomic mass is 10.1. The Hall–Kier alpha value is -2.81. The zero-order valence-electron chi connectivity index (χ0n) is 14.7. The van der Waals surface area contributed by atoms with Crippen molar-refractivity contribution < 1.29 is 18.4 Å². The predicted molar refractivity (Wildman–Crippen MR) is 94.4 cm³/mol. The van der Waals surface area contributed by atoms with Gasteiger partial charge in [-0.05, 0) is 37.6 Å². The maximum atomic E-state index is 13.5. The van der Waals surface area contributed by atoms with Crippen LogP contribution in [0.5, 0.6) is 0 Å². The van der Waals surface area contributed by atoms with E-state index in [-0.39, 0.29) is 30.7 Å². The first-order valence-corrected chi connectivity index (χ1v) is 8.82. The molecular formula is C18H21F2N5O2. The molecule has 144 valence electrons. The van der Waals surface area contributed by atoms with Crippen LogP contribution in [-0.2, 0) is 0 Å². The lowest BCUT2D eigenvalue weighted by Crippen LogP contribution is -2.35. The number of halogens is 2. The molecule has 0 bridgehead atoms. The number of rotatable bonds is 6. The summed E-state index contributed by atoms with van der Waals surface area (Å²) in [4.78, 5) is 24.0. The molecular weight excluding hydrogens is 356 g/mol. The van der Waals surface area contributed by atoms with Gasteiger partial charge in [0.2, 0.25) is 0 Å². The van der Waals surface area contributed by atoms with Crippen molar-refractivity contribution >= 4 is 11.8 Å². The normalized spacial score (nSPS) is 16.7. The average Bonchev–Trinajstić information content (AvgIpc) is 3.16. The number of hydrogen-bond donors (Lipinski definition) is 3. The number of nitrogens with zero attached hydrogens (tertiary/aromatic N) is 2. The van der Waals surface area contributed by atoms with E-state index in [0.29, 0.717) is 0 Å². The molecule has 0 saturated carbocycles. The van der Waals surface area contributed by atoms with Gasteiger partial charge in [-0.15, -0.1) is 0 Å². The lowest BCUT2D eigenvalue weighted by molar-refractivity contribution is 0.0920. The monoisotopic (exact) mass is 377 g/mol. The first kappa shape index (κ1) is 19.0. The number of carbonyl (C=O) groups is 2. The Morgan fingerprint density at radius 2 is 1.85 bits per heavy atom. The summed E-state index contributed by atoms with van der Waals surface area (Å²) in [5.74, 6) is -3.10. The van der Waals surface area contributed by atoms with Crippen LogP contribution in [0.3, 0.4) is 0 Å². The van der Waals surface area contributed by atoms with Crippen LogP contribution >= 0.6 is 0 Å². The Morgan fingerprint density at radius 1 is 1.15 bits per heavy atom. The number of piperidine rings is 1. The summed E-state index contributed by atoms with van der Waals surface area (Å²) < 4.78 is 28.8. The van der Waals surface area contributed by atoms with Gasteiger partial charge in [-0.25, -0.2) is 8.78 Å². The smallest absolute Gasteiger partial charge is 0.271 e. The standard InChI is InChI=1S/C18H21F2N5O2/c19-13-4-1-5-14(20)16(13)18(27)23-9-8-22-17(26)15-6-10-25(24-15)12-3-2-7-21-11-12/h1,4-6,10,12,21H,2-3,7-9,11H2,(H,22,26)(H,23,27). The molecule has 0 radical (unpaired) electrons. The fourth-order valence-electron chi connectivity index (χ4n) is 2.97. The van der Waals surface area contributed by atoms with E-state index in [0.717, 1.165) is 38.1 Å². The molecule has 2 aromatic rings. The van der Waals surface area contributed by atoms with Crippen LogP contribution in [0.2, 0.25) is 0 Å². The van der Waals surface area contributed by atoms with Crippen LogP contribution in [0.1, 0.15) is 39.7 Å². The summed E-state index contributed by atoms with van der Waals surface area (Å²) in [6.07, 6.45) is 3.85. The van der Waals surface area contributed by atoms with Gasteiger partial charge < -0.3 is 16.0 Å². The molecule has 2 heterocycles. The molecule has 2 amide bonds. The van der Waals surface area contributed by atoms with Crippen molar-refractivity contribution in [3.8, 4) is 0 Å². The summed E-state index contributed by atoms with van der Waals surface area (Å²) in [6, 6.07) is 5.08. The maximum absolute atomic E-state index is 13.5. The minimum absolute atomic E-state index is 0.0333. The molecule has 1 aromatic heterocycles. The summed E-state index contributed by atoms with van der Waals surface area (Å²) in [6.45, 7) is 1.96. The number of benzene rings is 1. The van der Waals surface area contributed by atoms with Crippen LogP contribution in [0.4, 0.5) is 8.78 Å². The van der Waals surface area contributed by atoms with Crippen molar-refractivity contribution in [2.75, 3.05) is 26.2 Å². The third-order valence-corrected chi connectivity index (χ3v) is 4.37. The van der Waals surface area contributed by atoms with Crippen molar-refractivity contribution in [2.45, 2.75) is 18.9 Å². The molecule has 1 fully saturated rings. The summed E-state index contributed by atoms with van der Waals surface area (Å²) >= 11 is 0. The summed E-state index contributed by atoms with van der Waals surface area (Å²) in [5, 5.41) is 12.6. The molecule has 1 unspecified atom stereocenters. The van der Waals surface area contributed by atoms with E-state index in [1.807, 2.05) is 0 Å². The minimum atomic E-state index is -0.931. The van der Waals surface area contributed by atoms with E-state index in [1.54, 1.807) is 16.9 Å². The van der Waals surface area contributed by atoms with Crippen molar-refractivity contribution in [1.82, 2.24) is 25.7 Å². The Morgan fingerprint density at radius 3 is 2.52 bits per heavy atom. The van der Waals surface area contributed by atoms with Gasteiger partial charge in [0.25, 0.3) is 11.8 Å². The molecule has 3 N–H and O–H groups in total. The molecule has 1 aliphatic rings. The molecule has 1 saturated heterocycles. The van der Waals surface area contributed by atoms with Gasteiger partial charge >= 0.3 is 0 Å². The van der Waals surface area contributed by atoms with E-state index in [1.165, 1.54) is 6.07 Å². The predicted octanol–water partition coefficient (Wildman–Crippen LogP) is 1.25. The van der Waals surface area contributed by atoms with E-state index >= 15 is 0 Å². The molecule has 1 aromatic carbocycles. The van der Waals surface area contributed by atoms with Crippen LogP contribution in [0.15, 0.2) is 30.5 Å². The fraction of sp³-hybridized carbons (Fsp3) is 0.389. The number of amides is 2. The molecule has 0 spiro atoms. The minimum Gasteiger partial charge on any atom is -0.350 e. The highest BCUT2D eigenvalue weighted by atomic mass is 19.1. The topological polar surface area (TPSA) is 88.0 Å². The van der Waals surface area contributed by atoms with E-state index in [9.17, 15) is 18.4 Å². The zero-order valence-corrected chi connectivity index (χ0v) is 14.7. The molecule has 1 atom stereocenters.